The van der Waals surface area contributed by atoms with Crippen LogP contribution < -0.4 is 10.2 Å². The van der Waals surface area contributed by atoms with Crippen molar-refractivity contribution in [3.63, 3.8) is 0 Å². The van der Waals surface area contributed by atoms with Crippen molar-refractivity contribution >= 4 is 29.5 Å². The molecular formula is C21H21ClN6O3. The maximum absolute atomic E-state index is 12.4. The van der Waals surface area contributed by atoms with Crippen LogP contribution in [0.2, 0.25) is 5.02 Å². The average molecular weight is 441 g/mol. The Morgan fingerprint density at radius 3 is 2.74 bits per heavy atom. The van der Waals surface area contributed by atoms with Crippen LogP contribution in [0, 0.1) is 5.92 Å². The molecule has 1 aliphatic heterocycles. The fourth-order valence-corrected chi connectivity index (χ4v) is 3.96. The molecule has 2 aromatic heterocycles. The average Bonchev–Trinajstić information content (AvgIpc) is 3.43. The second-order valence-corrected chi connectivity index (χ2v) is 8.53. The number of hydrogen-bond acceptors (Lipinski definition) is 8. The van der Waals surface area contributed by atoms with E-state index in [1.807, 2.05) is 26.0 Å². The van der Waals surface area contributed by atoms with Crippen LogP contribution in [0.25, 0.3) is 11.4 Å². The lowest BCUT2D eigenvalue weighted by atomic mass is 9.96. The maximum atomic E-state index is 12.4. The van der Waals surface area contributed by atoms with E-state index in [1.165, 1.54) is 0 Å². The Bertz CT molecular complexity index is 1120. The molecule has 10 heteroatoms. The second-order valence-electron chi connectivity index (χ2n) is 8.09. The summed E-state index contributed by atoms with van der Waals surface area (Å²) in [4.78, 5) is 27.3. The van der Waals surface area contributed by atoms with Gasteiger partial charge in [0.25, 0.3) is 0 Å². The van der Waals surface area contributed by atoms with E-state index in [2.05, 4.69) is 25.4 Å². The van der Waals surface area contributed by atoms with Crippen molar-refractivity contribution in [1.82, 2.24) is 20.1 Å². The number of ether oxygens (including phenoxy) is 1. The van der Waals surface area contributed by atoms with Gasteiger partial charge in [0.05, 0.1) is 5.54 Å². The molecule has 31 heavy (non-hydrogen) atoms. The molecule has 1 saturated heterocycles. The van der Waals surface area contributed by atoms with E-state index >= 15 is 0 Å². The molecule has 2 atom stereocenters. The van der Waals surface area contributed by atoms with Gasteiger partial charge in [0.15, 0.2) is 0 Å². The summed E-state index contributed by atoms with van der Waals surface area (Å²) in [5.74, 6) is 2.15. The van der Waals surface area contributed by atoms with Gasteiger partial charge in [-0.3, -0.25) is 4.90 Å². The van der Waals surface area contributed by atoms with E-state index in [0.29, 0.717) is 41.0 Å². The third-order valence-electron chi connectivity index (χ3n) is 5.77. The quantitative estimate of drug-likeness (QED) is 0.598. The summed E-state index contributed by atoms with van der Waals surface area (Å²) in [6, 6.07) is 8.57. The van der Waals surface area contributed by atoms with Crippen LogP contribution in [-0.4, -0.2) is 38.3 Å². The van der Waals surface area contributed by atoms with Gasteiger partial charge >= 0.3 is 6.09 Å². The normalized spacial score (nSPS) is 21.8. The Kier molecular flexibility index (Phi) is 4.77. The summed E-state index contributed by atoms with van der Waals surface area (Å²) in [5.41, 5.74) is 0.422. The minimum atomic E-state index is -0.381. The fraction of sp³-hybridized carbons (Fsp3) is 0.381. The zero-order chi connectivity index (χ0) is 21.6. The van der Waals surface area contributed by atoms with E-state index in [9.17, 15) is 4.79 Å². The van der Waals surface area contributed by atoms with Gasteiger partial charge in [0, 0.05) is 16.8 Å². The molecule has 1 aromatic carbocycles. The summed E-state index contributed by atoms with van der Waals surface area (Å²) in [6.45, 7) is 4.28. The highest BCUT2D eigenvalue weighted by molar-refractivity contribution is 6.30. The molecule has 1 aliphatic carbocycles. The number of amides is 1. The number of rotatable bonds is 6. The zero-order valence-electron chi connectivity index (χ0n) is 17.1. The van der Waals surface area contributed by atoms with Crippen molar-refractivity contribution in [2.45, 2.75) is 38.3 Å². The van der Waals surface area contributed by atoms with Crippen LogP contribution in [-0.2, 0) is 4.74 Å². The molecule has 0 spiro atoms. The third-order valence-corrected chi connectivity index (χ3v) is 6.02. The van der Waals surface area contributed by atoms with Crippen LogP contribution in [0.5, 0.6) is 0 Å². The van der Waals surface area contributed by atoms with Crippen molar-refractivity contribution in [1.29, 1.82) is 0 Å². The van der Waals surface area contributed by atoms with Crippen LogP contribution in [0.1, 0.15) is 38.6 Å². The van der Waals surface area contributed by atoms with Crippen LogP contribution in [0.4, 0.5) is 16.6 Å². The first kappa shape index (κ1) is 19.7. The van der Waals surface area contributed by atoms with Gasteiger partial charge in [-0.15, -0.1) is 0 Å². The van der Waals surface area contributed by atoms with E-state index in [1.54, 1.807) is 29.3 Å². The van der Waals surface area contributed by atoms with Crippen molar-refractivity contribution < 1.29 is 14.1 Å². The van der Waals surface area contributed by atoms with Gasteiger partial charge < -0.3 is 14.6 Å². The molecule has 0 bridgehead atoms. The van der Waals surface area contributed by atoms with Crippen molar-refractivity contribution in [3.05, 3.63) is 47.4 Å². The van der Waals surface area contributed by atoms with Gasteiger partial charge in [-0.05, 0) is 62.9 Å². The predicted octanol–water partition coefficient (Wildman–Crippen LogP) is 4.48. The lowest BCUT2D eigenvalue weighted by Gasteiger charge is -2.31. The molecule has 5 rings (SSSR count). The number of hydrogen-bond donors (Lipinski definition) is 1. The van der Waals surface area contributed by atoms with Gasteiger partial charge in [0.1, 0.15) is 18.5 Å². The number of anilines is 2. The number of halogens is 1. The summed E-state index contributed by atoms with van der Waals surface area (Å²) in [5, 5.41) is 7.84. The maximum Gasteiger partial charge on any atom is 0.416 e. The van der Waals surface area contributed by atoms with E-state index in [-0.39, 0.29) is 17.7 Å². The zero-order valence-corrected chi connectivity index (χ0v) is 17.8. The minimum Gasteiger partial charge on any atom is -0.447 e. The van der Waals surface area contributed by atoms with Gasteiger partial charge in [-0.2, -0.15) is 9.97 Å². The number of nitrogens with zero attached hydrogens (tertiary/aromatic N) is 5. The molecule has 1 amide bonds. The second kappa shape index (κ2) is 7.49. The van der Waals surface area contributed by atoms with E-state index < -0.39 is 0 Å². The molecule has 2 fully saturated rings. The van der Waals surface area contributed by atoms with Gasteiger partial charge in [-0.25, -0.2) is 9.78 Å². The number of nitrogens with one attached hydrogen (secondary N) is 1. The van der Waals surface area contributed by atoms with E-state index in [0.717, 1.165) is 18.4 Å². The Balaban J connectivity index is 1.34. The number of carbonyl (C=O) groups excluding carboxylic acids is 1. The Hall–Kier alpha value is -3.20. The van der Waals surface area contributed by atoms with Crippen LogP contribution >= 0.6 is 11.6 Å². The smallest absolute Gasteiger partial charge is 0.416 e. The molecule has 1 saturated carbocycles. The Morgan fingerprint density at radius 2 is 2.00 bits per heavy atom. The molecule has 3 aromatic rings. The predicted molar refractivity (Wildman–Crippen MR) is 114 cm³/mol. The van der Waals surface area contributed by atoms with Crippen molar-refractivity contribution in [3.8, 4) is 11.4 Å². The largest absolute Gasteiger partial charge is 0.447 e. The molecule has 160 valence electrons. The van der Waals surface area contributed by atoms with Crippen molar-refractivity contribution in [2.75, 3.05) is 16.8 Å². The Morgan fingerprint density at radius 1 is 1.23 bits per heavy atom. The molecule has 1 unspecified atom stereocenters. The van der Waals surface area contributed by atoms with Crippen LogP contribution in [0.3, 0.4) is 0 Å². The Labute approximate surface area is 183 Å². The summed E-state index contributed by atoms with van der Waals surface area (Å²) in [6.07, 6.45) is 3.41. The first-order valence-corrected chi connectivity index (χ1v) is 10.5. The molecular weight excluding hydrogens is 420 g/mol. The number of benzene rings is 1. The highest BCUT2D eigenvalue weighted by Crippen LogP contribution is 2.47. The van der Waals surface area contributed by atoms with E-state index in [4.69, 9.17) is 20.9 Å². The summed E-state index contributed by atoms with van der Waals surface area (Å²) >= 11 is 5.93. The number of cyclic esters (lactones) is 1. The molecule has 9 nitrogen and oxygen atoms in total. The van der Waals surface area contributed by atoms with Gasteiger partial charge in [0.2, 0.25) is 17.7 Å². The lowest BCUT2D eigenvalue weighted by molar-refractivity contribution is 0.172. The molecule has 2 aliphatic rings. The topological polar surface area (TPSA) is 106 Å². The summed E-state index contributed by atoms with van der Waals surface area (Å²) < 4.78 is 10.8. The lowest BCUT2D eigenvalue weighted by Crippen LogP contribution is -2.47. The fourth-order valence-electron chi connectivity index (χ4n) is 3.83. The highest BCUT2D eigenvalue weighted by atomic mass is 35.5. The standard InChI is InChI=1S/C21H21ClN6O3/c1-12(18-26-17(27-31-18)13-3-7-15(22)8-4-13)24-19-23-10-9-16(25-19)28-20(29)30-11-21(28,2)14-5-6-14/h3-4,7-10,12,14H,5-6,11H2,1-2H3,(H,23,24,25)/t12?,21-/m0/s1. The number of carbonyl (C=O) groups is 1. The van der Waals surface area contributed by atoms with Crippen LogP contribution in [0.15, 0.2) is 41.1 Å². The molecule has 1 N–H and O–H groups in total. The summed E-state index contributed by atoms with van der Waals surface area (Å²) in [7, 11) is 0. The SMILES string of the molecule is CC(Nc1nccc(N2C(=O)OC[C@@]2(C)C2CC2)n1)c1nc(-c2ccc(Cl)cc2)no1. The highest BCUT2D eigenvalue weighted by Gasteiger charge is 2.54. The minimum absolute atomic E-state index is 0.343. The van der Waals surface area contributed by atoms with Crippen molar-refractivity contribution in [2.24, 2.45) is 5.92 Å². The molecule has 3 heterocycles. The first-order valence-electron chi connectivity index (χ1n) is 10.1. The van der Waals surface area contributed by atoms with Gasteiger partial charge in [-0.1, -0.05) is 16.8 Å². The first-order chi connectivity index (χ1) is 14.9. The third kappa shape index (κ3) is 3.69. The monoisotopic (exact) mass is 440 g/mol. The molecule has 0 radical (unpaired) electrons. The number of aromatic nitrogens is 4.